The molecule has 2 fully saturated rings. The van der Waals surface area contributed by atoms with Crippen LogP contribution in [0.25, 0.3) is 0 Å². The van der Waals surface area contributed by atoms with Crippen LogP contribution in [-0.2, 0) is 14.8 Å². The molecule has 6 heteroatoms. The summed E-state index contributed by atoms with van der Waals surface area (Å²) in [7, 11) is -3.34. The highest BCUT2D eigenvalue weighted by molar-refractivity contribution is 7.91. The standard InChI is InChI=1S/C13H19NO3S2/c1-10-6-7-13(18-10)19(15,16)14-8-9-17-12-5-3-2-4-11(12)14/h6-7,11-12H,2-5,8-9H2,1H3/t11-,12-/m0/s1. The number of rotatable bonds is 2. The Labute approximate surface area is 118 Å². The van der Waals surface area contributed by atoms with Gasteiger partial charge in [0.15, 0.2) is 0 Å². The fourth-order valence-electron chi connectivity index (χ4n) is 3.03. The van der Waals surface area contributed by atoms with Crippen molar-refractivity contribution < 1.29 is 13.2 Å². The van der Waals surface area contributed by atoms with Crippen LogP contribution in [0.2, 0.25) is 0 Å². The normalized spacial score (nSPS) is 29.1. The Bertz CT molecular complexity index is 550. The molecule has 1 aromatic heterocycles. The van der Waals surface area contributed by atoms with Gasteiger partial charge in [0.05, 0.1) is 18.8 Å². The minimum atomic E-state index is -3.34. The summed E-state index contributed by atoms with van der Waals surface area (Å²) in [5, 5.41) is 0. The third kappa shape index (κ3) is 2.46. The van der Waals surface area contributed by atoms with E-state index in [1.165, 1.54) is 11.3 Å². The van der Waals surface area contributed by atoms with Crippen LogP contribution in [0.4, 0.5) is 0 Å². The minimum absolute atomic E-state index is 0.0370. The smallest absolute Gasteiger partial charge is 0.252 e. The molecular weight excluding hydrogens is 282 g/mol. The monoisotopic (exact) mass is 301 g/mol. The number of thiophene rings is 1. The SMILES string of the molecule is Cc1ccc(S(=O)(=O)N2CCO[C@H]3CCCC[C@@H]32)s1. The zero-order valence-corrected chi connectivity index (χ0v) is 12.7. The quantitative estimate of drug-likeness (QED) is 0.842. The average molecular weight is 301 g/mol. The Balaban J connectivity index is 1.91. The molecular formula is C13H19NO3S2. The van der Waals surface area contributed by atoms with Gasteiger partial charge in [-0.1, -0.05) is 12.8 Å². The van der Waals surface area contributed by atoms with E-state index in [9.17, 15) is 8.42 Å². The second-order valence-electron chi connectivity index (χ2n) is 5.24. The van der Waals surface area contributed by atoms with E-state index in [0.717, 1.165) is 30.6 Å². The molecule has 0 aromatic carbocycles. The van der Waals surface area contributed by atoms with Crippen molar-refractivity contribution >= 4 is 21.4 Å². The maximum Gasteiger partial charge on any atom is 0.252 e. The number of nitrogens with zero attached hydrogens (tertiary/aromatic N) is 1. The molecule has 4 nitrogen and oxygen atoms in total. The first kappa shape index (κ1) is 13.5. The lowest BCUT2D eigenvalue weighted by Gasteiger charge is -2.42. The molecule has 0 bridgehead atoms. The molecule has 0 unspecified atom stereocenters. The number of ether oxygens (including phenoxy) is 1. The van der Waals surface area contributed by atoms with Crippen LogP contribution in [0.1, 0.15) is 30.6 Å². The summed E-state index contributed by atoms with van der Waals surface area (Å²) in [5.41, 5.74) is 0. The van der Waals surface area contributed by atoms with E-state index in [2.05, 4.69) is 0 Å². The molecule has 0 amide bonds. The first-order chi connectivity index (χ1) is 9.09. The van der Waals surface area contributed by atoms with Gasteiger partial charge in [0.1, 0.15) is 4.21 Å². The summed E-state index contributed by atoms with van der Waals surface area (Å²) in [4.78, 5) is 1.03. The lowest BCUT2D eigenvalue weighted by atomic mass is 9.91. The summed E-state index contributed by atoms with van der Waals surface area (Å²) in [6, 6.07) is 3.63. The molecule has 1 aromatic rings. The Hall–Kier alpha value is -0.430. The topological polar surface area (TPSA) is 46.6 Å². The van der Waals surface area contributed by atoms with E-state index in [0.29, 0.717) is 17.4 Å². The molecule has 19 heavy (non-hydrogen) atoms. The Morgan fingerprint density at radius 3 is 2.84 bits per heavy atom. The minimum Gasteiger partial charge on any atom is -0.375 e. The number of morpholine rings is 1. The summed E-state index contributed by atoms with van der Waals surface area (Å²) < 4.78 is 33.4. The molecule has 1 saturated heterocycles. The van der Waals surface area contributed by atoms with E-state index in [-0.39, 0.29) is 12.1 Å². The lowest BCUT2D eigenvalue weighted by Crippen LogP contribution is -2.54. The van der Waals surface area contributed by atoms with Crippen LogP contribution in [-0.4, -0.2) is 38.0 Å². The molecule has 0 N–H and O–H groups in total. The van der Waals surface area contributed by atoms with Gasteiger partial charge in [-0.15, -0.1) is 11.3 Å². The average Bonchev–Trinajstić information content (AvgIpc) is 2.85. The lowest BCUT2D eigenvalue weighted by molar-refractivity contribution is -0.0585. The van der Waals surface area contributed by atoms with Crippen molar-refractivity contribution in [3.8, 4) is 0 Å². The molecule has 106 valence electrons. The largest absolute Gasteiger partial charge is 0.375 e. The Morgan fingerprint density at radius 2 is 2.11 bits per heavy atom. The van der Waals surface area contributed by atoms with Crippen LogP contribution in [0.5, 0.6) is 0 Å². The number of hydrogen-bond acceptors (Lipinski definition) is 4. The Kier molecular flexibility index (Phi) is 3.68. The first-order valence-corrected chi connectivity index (χ1v) is 9.04. The van der Waals surface area contributed by atoms with E-state index < -0.39 is 10.0 Å². The van der Waals surface area contributed by atoms with Crippen molar-refractivity contribution in [3.63, 3.8) is 0 Å². The molecule has 2 heterocycles. The van der Waals surface area contributed by atoms with Gasteiger partial charge in [0, 0.05) is 11.4 Å². The van der Waals surface area contributed by atoms with Crippen molar-refractivity contribution in [3.05, 3.63) is 17.0 Å². The predicted octanol–water partition coefficient (Wildman–Crippen LogP) is 2.39. The molecule has 1 aliphatic heterocycles. The van der Waals surface area contributed by atoms with Crippen molar-refractivity contribution in [2.45, 2.75) is 49.0 Å². The number of sulfonamides is 1. The van der Waals surface area contributed by atoms with Crippen LogP contribution in [0.3, 0.4) is 0 Å². The van der Waals surface area contributed by atoms with Gasteiger partial charge in [-0.2, -0.15) is 4.31 Å². The first-order valence-electron chi connectivity index (χ1n) is 6.79. The highest BCUT2D eigenvalue weighted by atomic mass is 32.2. The number of fused-ring (bicyclic) bond motifs is 1. The van der Waals surface area contributed by atoms with E-state index in [1.807, 2.05) is 13.0 Å². The fraction of sp³-hybridized carbons (Fsp3) is 0.692. The van der Waals surface area contributed by atoms with Crippen molar-refractivity contribution in [2.75, 3.05) is 13.2 Å². The number of aryl methyl sites for hydroxylation is 1. The van der Waals surface area contributed by atoms with Gasteiger partial charge in [-0.25, -0.2) is 8.42 Å². The number of hydrogen-bond donors (Lipinski definition) is 0. The molecule has 0 spiro atoms. The highest BCUT2D eigenvalue weighted by Crippen LogP contribution is 2.34. The van der Waals surface area contributed by atoms with Gasteiger partial charge < -0.3 is 4.74 Å². The third-order valence-corrected chi connectivity index (χ3v) is 7.35. The van der Waals surface area contributed by atoms with Crippen LogP contribution >= 0.6 is 11.3 Å². The second-order valence-corrected chi connectivity index (χ2v) is 8.65. The maximum absolute atomic E-state index is 12.7. The van der Waals surface area contributed by atoms with Crippen molar-refractivity contribution in [1.29, 1.82) is 0 Å². The molecule has 2 aliphatic rings. The molecule has 1 aliphatic carbocycles. The summed E-state index contributed by atoms with van der Waals surface area (Å²) in [6.45, 7) is 2.94. The van der Waals surface area contributed by atoms with Crippen LogP contribution in [0.15, 0.2) is 16.3 Å². The molecule has 1 saturated carbocycles. The van der Waals surface area contributed by atoms with Crippen molar-refractivity contribution in [1.82, 2.24) is 4.31 Å². The second kappa shape index (κ2) is 5.16. The van der Waals surface area contributed by atoms with Crippen LogP contribution in [0, 0.1) is 6.92 Å². The van der Waals surface area contributed by atoms with E-state index in [4.69, 9.17) is 4.74 Å². The maximum atomic E-state index is 12.7. The van der Waals surface area contributed by atoms with E-state index in [1.54, 1.807) is 10.4 Å². The van der Waals surface area contributed by atoms with Crippen molar-refractivity contribution in [2.24, 2.45) is 0 Å². The fourth-order valence-corrected chi connectivity index (χ4v) is 6.10. The van der Waals surface area contributed by atoms with Gasteiger partial charge in [0.25, 0.3) is 10.0 Å². The Morgan fingerprint density at radius 1 is 1.32 bits per heavy atom. The summed E-state index contributed by atoms with van der Waals surface area (Å²) in [5.74, 6) is 0. The highest BCUT2D eigenvalue weighted by Gasteiger charge is 2.41. The van der Waals surface area contributed by atoms with Gasteiger partial charge in [-0.3, -0.25) is 0 Å². The van der Waals surface area contributed by atoms with E-state index >= 15 is 0 Å². The zero-order valence-electron chi connectivity index (χ0n) is 11.0. The third-order valence-electron chi connectivity index (χ3n) is 3.96. The van der Waals surface area contributed by atoms with Gasteiger partial charge >= 0.3 is 0 Å². The molecule has 3 rings (SSSR count). The molecule has 2 atom stereocenters. The summed E-state index contributed by atoms with van der Waals surface area (Å²) in [6.07, 6.45) is 4.25. The molecule has 0 radical (unpaired) electrons. The van der Waals surface area contributed by atoms with Gasteiger partial charge in [0.2, 0.25) is 0 Å². The summed E-state index contributed by atoms with van der Waals surface area (Å²) >= 11 is 1.36. The van der Waals surface area contributed by atoms with Gasteiger partial charge in [-0.05, 0) is 31.9 Å². The zero-order chi connectivity index (χ0) is 13.5. The van der Waals surface area contributed by atoms with Crippen LogP contribution < -0.4 is 0 Å². The predicted molar refractivity (Wildman–Crippen MR) is 74.9 cm³/mol.